The van der Waals surface area contributed by atoms with Crippen LogP contribution in [0.5, 0.6) is 0 Å². The van der Waals surface area contributed by atoms with Crippen LogP contribution in [0.4, 0.5) is 0 Å². The predicted octanol–water partition coefficient (Wildman–Crippen LogP) is 2.81. The molecule has 0 aliphatic heterocycles. The first-order valence-corrected chi connectivity index (χ1v) is 12.4. The molecule has 3 unspecified atom stereocenters. The zero-order chi connectivity index (χ0) is 25.5. The minimum absolute atomic E-state index is 0.0225. The fourth-order valence-corrected chi connectivity index (χ4v) is 3.26. The maximum atomic E-state index is 12.6. The molecule has 3 atom stereocenters. The van der Waals surface area contributed by atoms with Crippen molar-refractivity contribution in [2.24, 2.45) is 0 Å². The summed E-state index contributed by atoms with van der Waals surface area (Å²) in [5.74, 6) is -0.406. The Labute approximate surface area is 197 Å². The lowest BCUT2D eigenvalue weighted by Crippen LogP contribution is -2.36. The van der Waals surface area contributed by atoms with Gasteiger partial charge >= 0.3 is 7.82 Å². The number of carbonyl (C=O) groups is 2. The fraction of sp³-hybridized carbons (Fsp3) is 0.762. The largest absolute Gasteiger partial charge is 0.474 e. The third kappa shape index (κ3) is 19.4. The highest BCUT2D eigenvalue weighted by Crippen LogP contribution is 2.49. The number of methoxy groups -OCH3 is 1. The van der Waals surface area contributed by atoms with E-state index in [0.717, 1.165) is 6.42 Å². The highest BCUT2D eigenvalue weighted by molar-refractivity contribution is 7.48. The number of amides is 2. The molecule has 192 valence electrons. The number of ether oxygens (including phenoxy) is 1. The lowest BCUT2D eigenvalue weighted by atomic mass is 10.1. The quantitative estimate of drug-likeness (QED) is 0.113. The van der Waals surface area contributed by atoms with Crippen molar-refractivity contribution in [3.05, 3.63) is 11.8 Å². The lowest BCUT2D eigenvalue weighted by molar-refractivity contribution is -0.118. The van der Waals surface area contributed by atoms with Crippen molar-refractivity contribution < 1.29 is 37.6 Å². The summed E-state index contributed by atoms with van der Waals surface area (Å²) in [4.78, 5) is 22.1. The number of phosphoric acid groups is 1. The van der Waals surface area contributed by atoms with Crippen LogP contribution in [0.3, 0.4) is 0 Å². The minimum atomic E-state index is -3.90. The third-order valence-electron chi connectivity index (χ3n) is 3.72. The van der Waals surface area contributed by atoms with Crippen LogP contribution in [-0.2, 0) is 32.5 Å². The summed E-state index contributed by atoms with van der Waals surface area (Å²) in [6.45, 7) is 7.52. The van der Waals surface area contributed by atoms with E-state index in [4.69, 9.17) is 23.6 Å². The van der Waals surface area contributed by atoms with Gasteiger partial charge in [-0.2, -0.15) is 5.26 Å². The van der Waals surface area contributed by atoms with Gasteiger partial charge in [-0.05, 0) is 13.3 Å². The van der Waals surface area contributed by atoms with Gasteiger partial charge in [0, 0.05) is 31.8 Å². The Hall–Kier alpha value is -1.80. The maximum Gasteiger partial charge on any atom is 0.474 e. The second-order valence-corrected chi connectivity index (χ2v) is 8.62. The Kier molecular flexibility index (Phi) is 22.3. The molecule has 0 heterocycles. The van der Waals surface area contributed by atoms with Gasteiger partial charge in [-0.15, -0.1) is 0 Å². The van der Waals surface area contributed by atoms with E-state index >= 15 is 0 Å². The number of nitriles is 1. The van der Waals surface area contributed by atoms with Gasteiger partial charge < -0.3 is 20.5 Å². The molecule has 3 N–H and O–H groups in total. The summed E-state index contributed by atoms with van der Waals surface area (Å²) in [5, 5.41) is 23.7. The van der Waals surface area contributed by atoms with Crippen molar-refractivity contribution >= 4 is 20.1 Å². The third-order valence-corrected chi connectivity index (χ3v) is 5.18. The molecule has 11 nitrogen and oxygen atoms in total. The van der Waals surface area contributed by atoms with Crippen LogP contribution < -0.4 is 10.6 Å². The van der Waals surface area contributed by atoms with Crippen LogP contribution in [0, 0.1) is 11.3 Å². The number of aliphatic hydroxyl groups is 1. The van der Waals surface area contributed by atoms with Gasteiger partial charge in [-0.1, -0.05) is 33.6 Å². The highest BCUT2D eigenvalue weighted by atomic mass is 31.2. The van der Waals surface area contributed by atoms with Crippen molar-refractivity contribution in [1.82, 2.24) is 10.6 Å². The molecular weight excluding hydrogens is 453 g/mol. The molecule has 12 heteroatoms. The molecule has 2 amide bonds. The first-order valence-electron chi connectivity index (χ1n) is 11.0. The smallest absolute Gasteiger partial charge is 0.391 e. The van der Waals surface area contributed by atoms with Gasteiger partial charge in [0.15, 0.2) is 0 Å². The molecule has 0 rings (SSSR count). The highest BCUT2D eigenvalue weighted by Gasteiger charge is 2.28. The zero-order valence-corrected chi connectivity index (χ0v) is 21.3. The van der Waals surface area contributed by atoms with Crippen molar-refractivity contribution in [2.45, 2.75) is 72.0 Å². The van der Waals surface area contributed by atoms with Crippen molar-refractivity contribution in [3.8, 4) is 6.07 Å². The molecule has 0 aromatic rings. The summed E-state index contributed by atoms with van der Waals surface area (Å²) in [6.07, 6.45) is 2.92. The SMILES string of the molecule is CCC.CCCCOP(=O)(OCCC#N)OCC(O)CC(CNC(=O)/C(C)=C\NC=O)OC. The van der Waals surface area contributed by atoms with E-state index in [9.17, 15) is 19.3 Å². The van der Waals surface area contributed by atoms with E-state index in [1.807, 2.05) is 13.0 Å². The summed E-state index contributed by atoms with van der Waals surface area (Å²) in [5.41, 5.74) is 0.292. The monoisotopic (exact) mass is 493 g/mol. The Morgan fingerprint density at radius 1 is 1.21 bits per heavy atom. The van der Waals surface area contributed by atoms with Crippen LogP contribution in [0.1, 0.15) is 59.8 Å². The molecule has 0 spiro atoms. The molecule has 0 saturated heterocycles. The average molecular weight is 494 g/mol. The topological polar surface area (TPSA) is 156 Å². The second kappa shape index (κ2) is 22.0. The maximum absolute atomic E-state index is 12.6. The van der Waals surface area contributed by atoms with E-state index in [0.29, 0.717) is 18.4 Å². The van der Waals surface area contributed by atoms with Crippen LogP contribution in [0.2, 0.25) is 0 Å². The molecule has 0 aliphatic carbocycles. The van der Waals surface area contributed by atoms with Crippen LogP contribution in [0.25, 0.3) is 0 Å². The van der Waals surface area contributed by atoms with Gasteiger partial charge in [0.2, 0.25) is 12.3 Å². The van der Waals surface area contributed by atoms with Crippen molar-refractivity contribution in [3.63, 3.8) is 0 Å². The molecule has 0 fully saturated rings. The average Bonchev–Trinajstić information content (AvgIpc) is 2.79. The Morgan fingerprint density at radius 2 is 1.85 bits per heavy atom. The molecular formula is C21H40N3O8P. The zero-order valence-electron chi connectivity index (χ0n) is 20.4. The standard InChI is InChI=1S/C18H32N3O8P.C3H8/c1-4-5-8-27-30(25,28-9-6-7-19)29-13-16(23)10-17(26-3)12-21-18(24)15(2)11-20-14-22;1-3-2/h11,14,16-17,23H,4-6,8-10,12-13H2,1-3H3,(H,20,22)(H,21,24);3H2,1-2H3/b15-11-;. The molecule has 33 heavy (non-hydrogen) atoms. The van der Waals surface area contributed by atoms with Gasteiger partial charge in [0.1, 0.15) is 0 Å². The second-order valence-electron chi connectivity index (χ2n) is 6.95. The number of unbranched alkanes of at least 4 members (excludes halogenated alkanes) is 1. The summed E-state index contributed by atoms with van der Waals surface area (Å²) >= 11 is 0. The number of hydrogen-bond acceptors (Lipinski definition) is 9. The van der Waals surface area contributed by atoms with Crippen LogP contribution in [0.15, 0.2) is 11.8 Å². The number of hydrogen-bond donors (Lipinski definition) is 3. The van der Waals surface area contributed by atoms with E-state index in [-0.39, 0.29) is 39.2 Å². The number of nitrogens with one attached hydrogen (secondary N) is 2. The lowest BCUT2D eigenvalue weighted by Gasteiger charge is -2.22. The number of carbonyl (C=O) groups excluding carboxylic acids is 2. The normalized spacial score (nSPS) is 14.6. The molecule has 0 aromatic carbocycles. The van der Waals surface area contributed by atoms with Crippen LogP contribution in [-0.4, -0.2) is 63.1 Å². The number of nitrogens with zero attached hydrogens (tertiary/aromatic N) is 1. The molecule has 0 aliphatic rings. The fourth-order valence-electron chi connectivity index (χ4n) is 2.02. The molecule has 0 saturated carbocycles. The summed E-state index contributed by atoms with van der Waals surface area (Å²) < 4.78 is 33.3. The van der Waals surface area contributed by atoms with Crippen molar-refractivity contribution in [2.75, 3.05) is 33.5 Å². The van der Waals surface area contributed by atoms with Gasteiger partial charge in [0.25, 0.3) is 0 Å². The number of phosphoric ester groups is 1. The van der Waals surface area contributed by atoms with Gasteiger partial charge in [-0.25, -0.2) is 4.57 Å². The number of rotatable bonds is 18. The Morgan fingerprint density at radius 3 is 2.39 bits per heavy atom. The molecule has 0 aromatic heterocycles. The first kappa shape index (κ1) is 33.4. The van der Waals surface area contributed by atoms with E-state index in [1.165, 1.54) is 26.7 Å². The number of aliphatic hydroxyl groups excluding tert-OH is 1. The van der Waals surface area contributed by atoms with Gasteiger partial charge in [0.05, 0.1) is 44.5 Å². The predicted molar refractivity (Wildman–Crippen MR) is 124 cm³/mol. The minimum Gasteiger partial charge on any atom is -0.391 e. The van der Waals surface area contributed by atoms with E-state index in [1.54, 1.807) is 0 Å². The summed E-state index contributed by atoms with van der Waals surface area (Å²) in [6, 6.07) is 1.87. The molecule has 0 bridgehead atoms. The summed E-state index contributed by atoms with van der Waals surface area (Å²) in [7, 11) is -2.48. The van der Waals surface area contributed by atoms with Crippen molar-refractivity contribution in [1.29, 1.82) is 5.26 Å². The Balaban J connectivity index is 0. The van der Waals surface area contributed by atoms with E-state index < -0.39 is 25.9 Å². The van der Waals surface area contributed by atoms with E-state index in [2.05, 4.69) is 24.5 Å². The molecule has 0 radical (unpaired) electrons. The first-order chi connectivity index (χ1) is 15.7. The Bertz CT molecular complexity index is 639. The van der Waals surface area contributed by atoms with Gasteiger partial charge in [-0.3, -0.25) is 23.2 Å². The van der Waals surface area contributed by atoms with Crippen LogP contribution >= 0.6 is 7.82 Å².